The number of nitrogens with zero attached hydrogens (tertiary/aromatic N) is 5. The van der Waals surface area contributed by atoms with Crippen molar-refractivity contribution in [1.82, 2.24) is 25.5 Å². The van der Waals surface area contributed by atoms with E-state index in [0.717, 1.165) is 30.3 Å². The molecule has 0 radical (unpaired) electrons. The minimum Gasteiger partial charge on any atom is -0.461 e. The lowest BCUT2D eigenvalue weighted by Crippen LogP contribution is -2.59. The van der Waals surface area contributed by atoms with Crippen LogP contribution in [0.3, 0.4) is 0 Å². The van der Waals surface area contributed by atoms with Gasteiger partial charge in [0.2, 0.25) is 0 Å². The standard InChI is InChI=1S/C37H43F2N7O6/c1-3-25-27(39)8-7-22-15-24(52-35(49)50-4-2)16-29(30(22)25)44-14-9-26-28(19-44)40-34(51-21-36-10-5-13-46(36)18-23(38)17-36)41-31(26)45-12-6-11-37(20-45)32(47)42-33(48)43-37/h7-8,15-16,23H,3-6,9-14,17-21H2,1-2H3,(H2,42,43,47,48)/t23-,36+,37-/m1/s1. The second kappa shape index (κ2) is 13.3. The molecule has 3 aromatic rings. The first-order chi connectivity index (χ1) is 25.1. The number of nitrogens with one attached hydrogen (secondary N) is 2. The van der Waals surface area contributed by atoms with Gasteiger partial charge in [-0.2, -0.15) is 9.97 Å². The average molecular weight is 720 g/mol. The number of urea groups is 1. The Kier molecular flexibility index (Phi) is 8.79. The molecule has 5 aliphatic heterocycles. The van der Waals surface area contributed by atoms with E-state index in [9.17, 15) is 18.8 Å². The van der Waals surface area contributed by atoms with E-state index in [4.69, 9.17) is 24.2 Å². The fourth-order valence-electron chi connectivity index (χ4n) is 8.98. The van der Waals surface area contributed by atoms with Gasteiger partial charge in [-0.25, -0.2) is 18.4 Å². The van der Waals surface area contributed by atoms with Crippen LogP contribution in [0.15, 0.2) is 24.3 Å². The average Bonchev–Trinajstić information content (AvgIpc) is 3.74. The first kappa shape index (κ1) is 34.3. The lowest BCUT2D eigenvalue weighted by molar-refractivity contribution is -0.124. The van der Waals surface area contributed by atoms with Gasteiger partial charge < -0.3 is 29.3 Å². The van der Waals surface area contributed by atoms with E-state index in [1.807, 2.05) is 11.8 Å². The maximum atomic E-state index is 15.3. The van der Waals surface area contributed by atoms with Crippen LogP contribution in [0.5, 0.6) is 11.8 Å². The molecule has 8 rings (SSSR count). The van der Waals surface area contributed by atoms with Gasteiger partial charge in [-0.3, -0.25) is 15.0 Å². The number of fused-ring (bicyclic) bond motifs is 3. The highest BCUT2D eigenvalue weighted by atomic mass is 19.1. The van der Waals surface area contributed by atoms with E-state index in [2.05, 4.69) is 20.4 Å². The molecule has 52 heavy (non-hydrogen) atoms. The van der Waals surface area contributed by atoms with Gasteiger partial charge in [-0.05, 0) is 75.1 Å². The van der Waals surface area contributed by atoms with Crippen LogP contribution in [0.1, 0.15) is 62.8 Å². The number of hydrogen-bond acceptors (Lipinski definition) is 11. The Balaban J connectivity index is 1.18. The number of imide groups is 1. The quantitative estimate of drug-likeness (QED) is 0.193. The first-order valence-corrected chi connectivity index (χ1v) is 18.3. The molecule has 0 saturated carbocycles. The Bertz CT molecular complexity index is 1950. The molecule has 15 heteroatoms. The summed E-state index contributed by atoms with van der Waals surface area (Å²) in [7, 11) is 0. The summed E-state index contributed by atoms with van der Waals surface area (Å²) in [6, 6.07) is 6.19. The van der Waals surface area contributed by atoms with Gasteiger partial charge >= 0.3 is 18.2 Å². The maximum Gasteiger partial charge on any atom is 0.513 e. The fraction of sp³-hybridized carbons (Fsp3) is 0.541. The predicted octanol–water partition coefficient (Wildman–Crippen LogP) is 4.56. The van der Waals surface area contributed by atoms with E-state index in [1.165, 1.54) is 6.07 Å². The molecule has 4 saturated heterocycles. The Morgan fingerprint density at radius 2 is 1.92 bits per heavy atom. The highest BCUT2D eigenvalue weighted by Crippen LogP contribution is 2.42. The number of aryl methyl sites for hydroxylation is 1. The number of carbonyl (C=O) groups excluding carboxylic acids is 3. The van der Waals surface area contributed by atoms with E-state index >= 15 is 4.39 Å². The predicted molar refractivity (Wildman–Crippen MR) is 187 cm³/mol. The molecule has 0 bridgehead atoms. The molecule has 2 aromatic carbocycles. The lowest BCUT2D eigenvalue weighted by Gasteiger charge is -2.40. The van der Waals surface area contributed by atoms with Crippen molar-refractivity contribution >= 4 is 40.4 Å². The third-order valence-electron chi connectivity index (χ3n) is 11.3. The van der Waals surface area contributed by atoms with Gasteiger partial charge in [0.05, 0.1) is 30.9 Å². The summed E-state index contributed by atoms with van der Waals surface area (Å²) < 4.78 is 46.9. The number of benzene rings is 2. The number of amides is 3. The normalized spacial score (nSPS) is 25.7. The van der Waals surface area contributed by atoms with Gasteiger partial charge in [0, 0.05) is 48.8 Å². The summed E-state index contributed by atoms with van der Waals surface area (Å²) in [5.41, 5.74) is 1.33. The number of halogens is 2. The molecule has 276 valence electrons. The monoisotopic (exact) mass is 719 g/mol. The van der Waals surface area contributed by atoms with Gasteiger partial charge in [0.1, 0.15) is 35.7 Å². The summed E-state index contributed by atoms with van der Waals surface area (Å²) >= 11 is 0. The zero-order valence-electron chi connectivity index (χ0n) is 29.4. The Labute approximate surface area is 300 Å². The van der Waals surface area contributed by atoms with Crippen LogP contribution in [-0.2, 0) is 28.9 Å². The molecule has 1 spiro atoms. The highest BCUT2D eigenvalue weighted by Gasteiger charge is 2.51. The maximum absolute atomic E-state index is 15.3. The third kappa shape index (κ3) is 6.01. The van der Waals surface area contributed by atoms with Crippen LogP contribution in [0.2, 0.25) is 0 Å². The van der Waals surface area contributed by atoms with Gasteiger partial charge in [0.15, 0.2) is 0 Å². The molecule has 5 aliphatic rings. The van der Waals surface area contributed by atoms with Crippen LogP contribution in [0.4, 0.5) is 29.9 Å². The number of piperidine rings is 1. The SMILES string of the molecule is CCOC(=O)Oc1cc(N2CCc3c(nc(OC[C@@]45CCCN4C[C@H](F)C5)nc3N3CCC[C@]4(C3)NC(=O)NC4=O)C2)c2c(CC)c(F)ccc2c1. The zero-order valence-corrected chi connectivity index (χ0v) is 29.4. The number of ether oxygens (including phenoxy) is 3. The van der Waals surface area contributed by atoms with Crippen LogP contribution in [0, 0.1) is 5.82 Å². The summed E-state index contributed by atoms with van der Waals surface area (Å²) in [6.07, 6.45) is 2.56. The Hall–Kier alpha value is -4.79. The van der Waals surface area contributed by atoms with Crippen molar-refractivity contribution < 1.29 is 37.4 Å². The molecule has 0 aliphatic carbocycles. The minimum atomic E-state index is -1.07. The lowest BCUT2D eigenvalue weighted by atomic mass is 9.88. The molecule has 0 unspecified atom stereocenters. The van der Waals surface area contributed by atoms with Crippen LogP contribution in [0.25, 0.3) is 10.8 Å². The van der Waals surface area contributed by atoms with Crippen molar-refractivity contribution in [3.8, 4) is 11.8 Å². The van der Waals surface area contributed by atoms with Crippen molar-refractivity contribution in [3.63, 3.8) is 0 Å². The highest BCUT2D eigenvalue weighted by molar-refractivity contribution is 6.07. The van der Waals surface area contributed by atoms with Crippen molar-refractivity contribution in [3.05, 3.63) is 46.9 Å². The van der Waals surface area contributed by atoms with Crippen LogP contribution < -0.4 is 29.9 Å². The first-order valence-electron chi connectivity index (χ1n) is 18.3. The van der Waals surface area contributed by atoms with Gasteiger partial charge in [-0.1, -0.05) is 13.0 Å². The molecule has 1 aromatic heterocycles. The number of anilines is 2. The molecule has 4 fully saturated rings. The second-order valence-electron chi connectivity index (χ2n) is 14.5. The largest absolute Gasteiger partial charge is 0.513 e. The number of rotatable bonds is 8. The summed E-state index contributed by atoms with van der Waals surface area (Å²) in [5, 5.41) is 6.68. The molecule has 2 N–H and O–H groups in total. The van der Waals surface area contributed by atoms with E-state index in [-0.39, 0.29) is 43.2 Å². The van der Waals surface area contributed by atoms with Crippen molar-refractivity contribution in [2.75, 3.05) is 55.7 Å². The molecule has 3 amide bonds. The zero-order chi connectivity index (χ0) is 36.2. The van der Waals surface area contributed by atoms with Crippen LogP contribution in [-0.4, -0.2) is 96.1 Å². The number of carbonyl (C=O) groups is 3. The molecule has 6 heterocycles. The summed E-state index contributed by atoms with van der Waals surface area (Å²) in [6.45, 7) is 6.87. The minimum absolute atomic E-state index is 0.155. The number of aromatic nitrogens is 2. The topological polar surface area (TPSA) is 138 Å². The van der Waals surface area contributed by atoms with Gasteiger partial charge in [0.25, 0.3) is 5.91 Å². The van der Waals surface area contributed by atoms with Crippen molar-refractivity contribution in [1.29, 1.82) is 0 Å². The van der Waals surface area contributed by atoms with Crippen molar-refractivity contribution in [2.24, 2.45) is 0 Å². The summed E-state index contributed by atoms with van der Waals surface area (Å²) in [4.78, 5) is 53.8. The summed E-state index contributed by atoms with van der Waals surface area (Å²) in [5.74, 6) is 0.225. The number of alkyl halides is 1. The Morgan fingerprint density at radius 1 is 1.08 bits per heavy atom. The van der Waals surface area contributed by atoms with Crippen LogP contribution >= 0.6 is 0 Å². The van der Waals surface area contributed by atoms with Crippen molar-refractivity contribution in [2.45, 2.75) is 82.6 Å². The molecular formula is C37H43F2N7O6. The van der Waals surface area contributed by atoms with E-state index in [0.29, 0.717) is 86.4 Å². The number of hydrogen-bond donors (Lipinski definition) is 2. The third-order valence-corrected chi connectivity index (χ3v) is 11.3. The molecule has 3 atom stereocenters. The van der Waals surface area contributed by atoms with E-state index < -0.39 is 29.4 Å². The molecule has 13 nitrogen and oxygen atoms in total. The fourth-order valence-corrected chi connectivity index (χ4v) is 8.98. The Morgan fingerprint density at radius 3 is 2.71 bits per heavy atom. The smallest absolute Gasteiger partial charge is 0.461 e. The van der Waals surface area contributed by atoms with E-state index in [1.54, 1.807) is 25.1 Å². The van der Waals surface area contributed by atoms with Gasteiger partial charge in [-0.15, -0.1) is 0 Å². The second-order valence-corrected chi connectivity index (χ2v) is 14.5. The molecular weight excluding hydrogens is 676 g/mol.